The topological polar surface area (TPSA) is 84.9 Å². The van der Waals surface area contributed by atoms with Crippen LogP contribution in [0.4, 0.5) is 5.82 Å². The summed E-state index contributed by atoms with van der Waals surface area (Å²) in [6.45, 7) is 11.1. The zero-order chi connectivity index (χ0) is 24.9. The molecule has 0 radical (unpaired) electrons. The Morgan fingerprint density at radius 1 is 1.08 bits per heavy atom. The van der Waals surface area contributed by atoms with Gasteiger partial charge in [-0.3, -0.25) is 9.47 Å². The average molecular weight is 478 g/mol. The molecule has 1 fully saturated rings. The fraction of sp³-hybridized carbons (Fsp3) is 0.207. The van der Waals surface area contributed by atoms with Crippen molar-refractivity contribution in [2.24, 2.45) is 0 Å². The van der Waals surface area contributed by atoms with Crippen molar-refractivity contribution in [2.75, 3.05) is 31.9 Å². The quantitative estimate of drug-likeness (QED) is 0.378. The van der Waals surface area contributed by atoms with Crippen LogP contribution in [0.3, 0.4) is 0 Å². The van der Waals surface area contributed by atoms with Crippen molar-refractivity contribution in [3.8, 4) is 17.1 Å². The van der Waals surface area contributed by atoms with Crippen molar-refractivity contribution >= 4 is 22.6 Å². The van der Waals surface area contributed by atoms with Gasteiger partial charge in [-0.25, -0.2) is 15.0 Å². The lowest BCUT2D eigenvalue weighted by molar-refractivity contribution is 0.233. The highest BCUT2D eigenvalue weighted by molar-refractivity contribution is 5.85. The van der Waals surface area contributed by atoms with Gasteiger partial charge >= 0.3 is 0 Å². The van der Waals surface area contributed by atoms with E-state index in [1.165, 1.54) is 5.56 Å². The number of aromatic nitrogens is 4. The third kappa shape index (κ3) is 4.84. The van der Waals surface area contributed by atoms with E-state index >= 15 is 0 Å². The van der Waals surface area contributed by atoms with E-state index in [1.54, 1.807) is 6.20 Å². The molecule has 0 spiro atoms. The van der Waals surface area contributed by atoms with Crippen LogP contribution in [0.5, 0.6) is 0 Å². The first-order chi connectivity index (χ1) is 17.7. The van der Waals surface area contributed by atoms with E-state index in [2.05, 4.69) is 50.6 Å². The summed E-state index contributed by atoms with van der Waals surface area (Å²) < 4.78 is 2.07. The van der Waals surface area contributed by atoms with Crippen molar-refractivity contribution < 1.29 is 0 Å². The minimum Gasteiger partial charge on any atom is -0.383 e. The number of fused-ring (bicyclic) bond motifs is 1. The number of hydrogen-bond acceptors (Lipinski definition) is 6. The summed E-state index contributed by atoms with van der Waals surface area (Å²) in [6.07, 6.45) is 9.48. The number of nitrogen functional groups attached to an aromatic ring is 1. The minimum atomic E-state index is 0.435. The van der Waals surface area contributed by atoms with Gasteiger partial charge in [-0.2, -0.15) is 0 Å². The highest BCUT2D eigenvalue weighted by Crippen LogP contribution is 2.31. The number of allylic oxidation sites excluding steroid dienone is 5. The molecule has 1 aliphatic heterocycles. The van der Waals surface area contributed by atoms with Crippen molar-refractivity contribution in [2.45, 2.75) is 13.5 Å². The van der Waals surface area contributed by atoms with Gasteiger partial charge < -0.3 is 11.1 Å². The second-order valence-corrected chi connectivity index (χ2v) is 8.79. The van der Waals surface area contributed by atoms with Crippen molar-refractivity contribution in [1.29, 1.82) is 0 Å². The maximum atomic E-state index is 6.28. The number of nitrogens with one attached hydrogen (secondary N) is 1. The maximum Gasteiger partial charge on any atom is 0.165 e. The molecular weight excluding hydrogens is 446 g/mol. The van der Waals surface area contributed by atoms with Crippen LogP contribution in [0.15, 0.2) is 85.6 Å². The summed E-state index contributed by atoms with van der Waals surface area (Å²) in [5.74, 6) is 1.15. The number of anilines is 1. The highest BCUT2D eigenvalue weighted by atomic mass is 15.2. The second-order valence-electron chi connectivity index (χ2n) is 8.79. The van der Waals surface area contributed by atoms with Gasteiger partial charge in [-0.05, 0) is 54.5 Å². The lowest BCUT2D eigenvalue weighted by Crippen LogP contribution is -2.42. The van der Waals surface area contributed by atoms with Gasteiger partial charge in [0.25, 0.3) is 0 Å². The molecule has 7 nitrogen and oxygen atoms in total. The summed E-state index contributed by atoms with van der Waals surface area (Å²) in [5.41, 5.74) is 12.6. The van der Waals surface area contributed by atoms with E-state index in [1.807, 2.05) is 55.5 Å². The van der Waals surface area contributed by atoms with Crippen LogP contribution in [0.1, 0.15) is 18.2 Å². The predicted molar refractivity (Wildman–Crippen MR) is 148 cm³/mol. The maximum absolute atomic E-state index is 6.28. The van der Waals surface area contributed by atoms with Crippen LogP contribution in [0.25, 0.3) is 33.8 Å². The predicted octanol–water partition coefficient (Wildman–Crippen LogP) is 4.62. The number of imidazole rings is 1. The largest absolute Gasteiger partial charge is 0.383 e. The molecule has 4 aromatic rings. The molecule has 0 aliphatic carbocycles. The van der Waals surface area contributed by atoms with Gasteiger partial charge in [0.2, 0.25) is 0 Å². The third-order valence-corrected chi connectivity index (χ3v) is 6.38. The molecule has 3 aromatic heterocycles. The summed E-state index contributed by atoms with van der Waals surface area (Å²) in [6, 6.07) is 16.4. The molecule has 182 valence electrons. The Bertz CT molecular complexity index is 1420. The summed E-state index contributed by atoms with van der Waals surface area (Å²) in [5, 5.41) is 3.41. The van der Waals surface area contributed by atoms with Crippen molar-refractivity contribution in [3.63, 3.8) is 0 Å². The zero-order valence-corrected chi connectivity index (χ0v) is 20.6. The fourth-order valence-corrected chi connectivity index (χ4v) is 4.49. The number of pyridine rings is 2. The first-order valence-corrected chi connectivity index (χ1v) is 12.3. The molecule has 3 N–H and O–H groups in total. The van der Waals surface area contributed by atoms with Crippen molar-refractivity contribution in [3.05, 3.63) is 96.9 Å². The van der Waals surface area contributed by atoms with Crippen LogP contribution in [-0.2, 0) is 6.54 Å². The van der Waals surface area contributed by atoms with Gasteiger partial charge in [-0.15, -0.1) is 0 Å². The number of benzene rings is 1. The molecule has 0 amide bonds. The Kier molecular flexibility index (Phi) is 7.02. The van der Waals surface area contributed by atoms with Crippen LogP contribution >= 0.6 is 0 Å². The molecule has 1 aliphatic rings. The molecule has 1 aromatic carbocycles. The Morgan fingerprint density at radius 2 is 1.89 bits per heavy atom. The SMILES string of the molecule is C=C/C(=C\C=C/C)c1ccc2nc(-c3cccnc3N)n(-c3ccc(CN4CCNCC4)cc3)c2n1. The number of piperazine rings is 1. The zero-order valence-electron chi connectivity index (χ0n) is 20.6. The van der Waals surface area contributed by atoms with E-state index in [9.17, 15) is 0 Å². The molecule has 0 unspecified atom stereocenters. The van der Waals surface area contributed by atoms with E-state index in [0.717, 1.165) is 66.4 Å². The molecule has 7 heteroatoms. The van der Waals surface area contributed by atoms with E-state index in [-0.39, 0.29) is 0 Å². The molecule has 0 bridgehead atoms. The van der Waals surface area contributed by atoms with Crippen LogP contribution in [0.2, 0.25) is 0 Å². The van der Waals surface area contributed by atoms with Gasteiger partial charge in [0.1, 0.15) is 11.3 Å². The summed E-state index contributed by atoms with van der Waals surface area (Å²) in [7, 11) is 0. The van der Waals surface area contributed by atoms with Gasteiger partial charge in [0, 0.05) is 44.6 Å². The van der Waals surface area contributed by atoms with E-state index in [0.29, 0.717) is 11.6 Å². The Labute approximate surface area is 211 Å². The molecule has 36 heavy (non-hydrogen) atoms. The van der Waals surface area contributed by atoms with E-state index < -0.39 is 0 Å². The Hall–Kier alpha value is -4.07. The van der Waals surface area contributed by atoms with Crippen LogP contribution in [-0.4, -0.2) is 50.6 Å². The Morgan fingerprint density at radius 3 is 2.61 bits per heavy atom. The number of nitrogens with two attached hydrogens (primary N) is 1. The Balaban J connectivity index is 1.62. The molecular formula is C29H31N7. The molecule has 4 heterocycles. The van der Waals surface area contributed by atoms with Gasteiger partial charge in [0.05, 0.1) is 11.3 Å². The third-order valence-electron chi connectivity index (χ3n) is 6.38. The number of rotatable bonds is 7. The van der Waals surface area contributed by atoms with Gasteiger partial charge in [0.15, 0.2) is 11.5 Å². The van der Waals surface area contributed by atoms with Gasteiger partial charge in [-0.1, -0.05) is 43.0 Å². The number of hydrogen-bond donors (Lipinski definition) is 2. The summed E-state index contributed by atoms with van der Waals surface area (Å²) >= 11 is 0. The molecule has 5 rings (SSSR count). The first kappa shape index (κ1) is 23.7. The van der Waals surface area contributed by atoms with Crippen molar-refractivity contribution in [1.82, 2.24) is 29.7 Å². The standard InChI is InChI=1S/C29H31N7/c1-3-5-7-22(4-2)25-13-14-26-29(33-25)36(28(34-26)24-8-6-15-32-27(24)30)23-11-9-21(10-12-23)20-35-18-16-31-17-19-35/h3-15,31H,2,16-20H2,1H3,(H2,30,32)/b5-3-,22-7+. The monoisotopic (exact) mass is 477 g/mol. The number of nitrogens with zero attached hydrogens (tertiary/aromatic N) is 5. The fourth-order valence-electron chi connectivity index (χ4n) is 4.49. The van der Waals surface area contributed by atoms with Crippen LogP contribution < -0.4 is 11.1 Å². The first-order valence-electron chi connectivity index (χ1n) is 12.3. The normalized spacial score (nSPS) is 15.1. The lowest BCUT2D eigenvalue weighted by Gasteiger charge is -2.27. The smallest absolute Gasteiger partial charge is 0.165 e. The average Bonchev–Trinajstić information content (AvgIpc) is 3.29. The lowest BCUT2D eigenvalue weighted by atomic mass is 10.1. The second kappa shape index (κ2) is 10.7. The molecule has 1 saturated heterocycles. The van der Waals surface area contributed by atoms with E-state index in [4.69, 9.17) is 15.7 Å². The minimum absolute atomic E-state index is 0.435. The van der Waals surface area contributed by atoms with Crippen LogP contribution in [0, 0.1) is 0 Å². The highest BCUT2D eigenvalue weighted by Gasteiger charge is 2.19. The summed E-state index contributed by atoms with van der Waals surface area (Å²) in [4.78, 5) is 16.7. The molecule has 0 saturated carbocycles. The molecule has 0 atom stereocenters.